The highest BCUT2D eigenvalue weighted by atomic mass is 19.2. The van der Waals surface area contributed by atoms with Gasteiger partial charge in [-0.25, -0.2) is 18.0 Å². The van der Waals surface area contributed by atoms with Crippen molar-refractivity contribution in [1.82, 2.24) is 9.80 Å². The van der Waals surface area contributed by atoms with E-state index in [0.717, 1.165) is 12.1 Å². The number of amides is 2. The fourth-order valence-corrected chi connectivity index (χ4v) is 2.53. The maximum Gasteiger partial charge on any atom is 0.409 e. The van der Waals surface area contributed by atoms with E-state index in [1.165, 1.54) is 0 Å². The molecule has 0 aromatic heterocycles. The molecule has 9 heteroatoms. The number of halogens is 3. The Morgan fingerprint density at radius 3 is 2.40 bits per heavy atom. The van der Waals surface area contributed by atoms with Crippen molar-refractivity contribution < 1.29 is 27.5 Å². The first-order valence-electron chi connectivity index (χ1n) is 7.95. The van der Waals surface area contributed by atoms with Crippen LogP contribution in [0.15, 0.2) is 12.1 Å². The third-order valence-corrected chi connectivity index (χ3v) is 4.06. The molecule has 1 unspecified atom stereocenters. The molecule has 1 fully saturated rings. The standard InChI is InChI=1S/C16H20F3N3O3/c1-3-25-16(24)22-8-6-21(7-9-22)10(2)15(23)20-12-5-4-11(17)13(18)14(12)19/h4-5,10H,3,6-9H2,1-2H3,(H,20,23). The predicted octanol–water partition coefficient (Wildman–Crippen LogP) is 2.21. The first kappa shape index (κ1) is 19.0. The van der Waals surface area contributed by atoms with E-state index in [9.17, 15) is 22.8 Å². The van der Waals surface area contributed by atoms with Crippen molar-refractivity contribution in [2.24, 2.45) is 0 Å². The monoisotopic (exact) mass is 359 g/mol. The molecule has 1 aliphatic heterocycles. The van der Waals surface area contributed by atoms with Crippen LogP contribution in [0.2, 0.25) is 0 Å². The van der Waals surface area contributed by atoms with Gasteiger partial charge in [0, 0.05) is 26.2 Å². The molecule has 1 atom stereocenters. The molecule has 0 bridgehead atoms. The van der Waals surface area contributed by atoms with Gasteiger partial charge in [0.1, 0.15) is 0 Å². The van der Waals surface area contributed by atoms with Gasteiger partial charge in [-0.1, -0.05) is 0 Å². The van der Waals surface area contributed by atoms with Crippen LogP contribution in [-0.4, -0.2) is 60.6 Å². The highest BCUT2D eigenvalue weighted by Crippen LogP contribution is 2.20. The van der Waals surface area contributed by atoms with E-state index >= 15 is 0 Å². The van der Waals surface area contributed by atoms with E-state index in [1.54, 1.807) is 18.7 Å². The summed E-state index contributed by atoms with van der Waals surface area (Å²) < 4.78 is 44.7. The second-order valence-corrected chi connectivity index (χ2v) is 5.61. The normalized spacial score (nSPS) is 16.4. The Labute approximate surface area is 143 Å². The number of carbonyl (C=O) groups is 2. The first-order chi connectivity index (χ1) is 11.8. The molecule has 1 aromatic rings. The molecular weight excluding hydrogens is 339 g/mol. The number of rotatable bonds is 4. The van der Waals surface area contributed by atoms with Crippen LogP contribution in [0.4, 0.5) is 23.7 Å². The van der Waals surface area contributed by atoms with E-state index < -0.39 is 41.2 Å². The van der Waals surface area contributed by atoms with Gasteiger partial charge in [0.05, 0.1) is 18.3 Å². The predicted molar refractivity (Wildman–Crippen MR) is 84.6 cm³/mol. The van der Waals surface area contributed by atoms with Crippen molar-refractivity contribution in [1.29, 1.82) is 0 Å². The zero-order chi connectivity index (χ0) is 18.6. The second-order valence-electron chi connectivity index (χ2n) is 5.61. The SMILES string of the molecule is CCOC(=O)N1CCN(C(C)C(=O)Nc2ccc(F)c(F)c2F)CC1. The summed E-state index contributed by atoms with van der Waals surface area (Å²) in [4.78, 5) is 27.2. The zero-order valence-corrected chi connectivity index (χ0v) is 14.0. The number of nitrogens with zero attached hydrogens (tertiary/aromatic N) is 2. The highest BCUT2D eigenvalue weighted by molar-refractivity contribution is 5.94. The minimum absolute atomic E-state index is 0.289. The van der Waals surface area contributed by atoms with Gasteiger partial charge in [0.25, 0.3) is 0 Å². The summed E-state index contributed by atoms with van der Waals surface area (Å²) in [6, 6.07) is 1.09. The Bertz CT molecular complexity index is 649. The lowest BCUT2D eigenvalue weighted by atomic mass is 10.2. The van der Waals surface area contributed by atoms with Gasteiger partial charge < -0.3 is 15.0 Å². The number of hydrogen-bond donors (Lipinski definition) is 1. The van der Waals surface area contributed by atoms with E-state index in [2.05, 4.69) is 5.32 Å². The van der Waals surface area contributed by atoms with Crippen molar-refractivity contribution in [2.75, 3.05) is 38.1 Å². The molecule has 1 heterocycles. The fourth-order valence-electron chi connectivity index (χ4n) is 2.53. The third-order valence-electron chi connectivity index (χ3n) is 4.06. The molecular formula is C16H20F3N3O3. The lowest BCUT2D eigenvalue weighted by molar-refractivity contribution is -0.121. The van der Waals surface area contributed by atoms with Gasteiger partial charge in [-0.15, -0.1) is 0 Å². The van der Waals surface area contributed by atoms with Crippen LogP contribution in [0.3, 0.4) is 0 Å². The Morgan fingerprint density at radius 2 is 1.80 bits per heavy atom. The molecule has 2 amide bonds. The molecule has 1 saturated heterocycles. The molecule has 1 aromatic carbocycles. The van der Waals surface area contributed by atoms with Gasteiger partial charge in [-0.3, -0.25) is 9.69 Å². The van der Waals surface area contributed by atoms with Gasteiger partial charge in [0.15, 0.2) is 17.5 Å². The smallest absolute Gasteiger partial charge is 0.409 e. The Morgan fingerprint density at radius 1 is 1.16 bits per heavy atom. The molecule has 1 N–H and O–H groups in total. The first-order valence-corrected chi connectivity index (χ1v) is 7.95. The molecule has 1 aliphatic rings. The summed E-state index contributed by atoms with van der Waals surface area (Å²) in [6.45, 7) is 5.30. The molecule has 0 radical (unpaired) electrons. The summed E-state index contributed by atoms with van der Waals surface area (Å²) in [6.07, 6.45) is -0.400. The maximum absolute atomic E-state index is 13.6. The molecule has 0 saturated carbocycles. The van der Waals surface area contributed by atoms with Crippen LogP contribution in [0, 0.1) is 17.5 Å². The second kappa shape index (κ2) is 8.19. The van der Waals surface area contributed by atoms with Crippen LogP contribution >= 0.6 is 0 Å². The molecule has 0 aliphatic carbocycles. The number of benzene rings is 1. The van der Waals surface area contributed by atoms with Crippen LogP contribution in [0.5, 0.6) is 0 Å². The van der Waals surface area contributed by atoms with Crippen LogP contribution in [0.25, 0.3) is 0 Å². The van der Waals surface area contributed by atoms with E-state index in [-0.39, 0.29) is 6.61 Å². The molecule has 138 valence electrons. The Kier molecular flexibility index (Phi) is 6.24. The van der Waals surface area contributed by atoms with Crippen molar-refractivity contribution in [3.63, 3.8) is 0 Å². The summed E-state index contributed by atoms with van der Waals surface area (Å²) in [5, 5.41) is 2.26. The number of nitrogens with one attached hydrogen (secondary N) is 1. The van der Waals surface area contributed by atoms with Gasteiger partial charge in [-0.2, -0.15) is 0 Å². The van der Waals surface area contributed by atoms with E-state index in [0.29, 0.717) is 26.2 Å². The summed E-state index contributed by atoms with van der Waals surface area (Å²) in [5.41, 5.74) is -0.416. The van der Waals surface area contributed by atoms with Gasteiger partial charge >= 0.3 is 6.09 Å². The number of ether oxygens (including phenoxy) is 1. The topological polar surface area (TPSA) is 61.9 Å². The quantitative estimate of drug-likeness (QED) is 0.838. The number of carbonyl (C=O) groups excluding carboxylic acids is 2. The summed E-state index contributed by atoms with van der Waals surface area (Å²) in [5.74, 6) is -4.94. The minimum atomic E-state index is -1.63. The fraction of sp³-hybridized carbons (Fsp3) is 0.500. The highest BCUT2D eigenvalue weighted by Gasteiger charge is 2.28. The minimum Gasteiger partial charge on any atom is -0.450 e. The number of hydrogen-bond acceptors (Lipinski definition) is 4. The lowest BCUT2D eigenvalue weighted by Gasteiger charge is -2.36. The van der Waals surface area contributed by atoms with Crippen molar-refractivity contribution in [3.8, 4) is 0 Å². The lowest BCUT2D eigenvalue weighted by Crippen LogP contribution is -2.54. The third kappa shape index (κ3) is 4.41. The Hall–Kier alpha value is -2.29. The number of piperazine rings is 1. The van der Waals surface area contributed by atoms with Crippen LogP contribution in [0.1, 0.15) is 13.8 Å². The van der Waals surface area contributed by atoms with Crippen molar-refractivity contribution in [3.05, 3.63) is 29.6 Å². The average molecular weight is 359 g/mol. The molecule has 2 rings (SSSR count). The molecule has 25 heavy (non-hydrogen) atoms. The largest absolute Gasteiger partial charge is 0.450 e. The van der Waals surface area contributed by atoms with Crippen LogP contribution in [-0.2, 0) is 9.53 Å². The number of anilines is 1. The van der Waals surface area contributed by atoms with Gasteiger partial charge in [0.2, 0.25) is 5.91 Å². The molecule has 0 spiro atoms. The average Bonchev–Trinajstić information content (AvgIpc) is 2.61. The Balaban J connectivity index is 1.93. The van der Waals surface area contributed by atoms with Crippen molar-refractivity contribution in [2.45, 2.75) is 19.9 Å². The zero-order valence-electron chi connectivity index (χ0n) is 14.0. The van der Waals surface area contributed by atoms with E-state index in [1.807, 2.05) is 4.90 Å². The van der Waals surface area contributed by atoms with Crippen LogP contribution < -0.4 is 5.32 Å². The summed E-state index contributed by atoms with van der Waals surface area (Å²) in [7, 11) is 0. The maximum atomic E-state index is 13.6. The molecule has 6 nitrogen and oxygen atoms in total. The van der Waals surface area contributed by atoms with Crippen molar-refractivity contribution >= 4 is 17.7 Å². The van der Waals surface area contributed by atoms with Gasteiger partial charge in [-0.05, 0) is 26.0 Å². The van der Waals surface area contributed by atoms with E-state index in [4.69, 9.17) is 4.74 Å². The summed E-state index contributed by atoms with van der Waals surface area (Å²) >= 11 is 0.